The first kappa shape index (κ1) is 19.5. The number of carbonyl (C=O) groups excluding carboxylic acids is 2. The van der Waals surface area contributed by atoms with Crippen LogP contribution in [0.5, 0.6) is 0 Å². The first-order chi connectivity index (χ1) is 10.5. The molecular formula is C12H11BrF2O7S. The van der Waals surface area contributed by atoms with E-state index in [0.717, 1.165) is 0 Å². The zero-order chi connectivity index (χ0) is 17.8. The molecule has 128 valence electrons. The summed E-state index contributed by atoms with van der Waals surface area (Å²) in [6, 6.07) is 6.11. The van der Waals surface area contributed by atoms with Crippen molar-refractivity contribution in [3.05, 3.63) is 34.3 Å². The minimum atomic E-state index is -5.75. The van der Waals surface area contributed by atoms with Gasteiger partial charge in [-0.15, -0.1) is 0 Å². The second kappa shape index (κ2) is 7.32. The van der Waals surface area contributed by atoms with Gasteiger partial charge in [-0.3, -0.25) is 4.55 Å². The van der Waals surface area contributed by atoms with Crippen molar-refractivity contribution in [1.29, 1.82) is 0 Å². The maximum Gasteiger partial charge on any atom is 0.405 e. The summed E-state index contributed by atoms with van der Waals surface area (Å²) >= 11 is 3.08. The summed E-state index contributed by atoms with van der Waals surface area (Å²) in [4.78, 5) is 23.0. The lowest BCUT2D eigenvalue weighted by molar-refractivity contribution is -0.162. The number of carbonyl (C=O) groups is 2. The molecule has 1 aromatic rings. The number of hydrogen-bond acceptors (Lipinski definition) is 6. The van der Waals surface area contributed by atoms with Gasteiger partial charge in [0.1, 0.15) is 0 Å². The van der Waals surface area contributed by atoms with Crippen molar-refractivity contribution in [3.63, 3.8) is 0 Å². The fraction of sp³-hybridized carbons (Fsp3) is 0.333. The van der Waals surface area contributed by atoms with E-state index in [1.165, 1.54) is 12.1 Å². The van der Waals surface area contributed by atoms with Gasteiger partial charge in [0.25, 0.3) is 0 Å². The molecule has 0 aliphatic heterocycles. The Morgan fingerprint density at radius 2 is 1.91 bits per heavy atom. The molecule has 0 amide bonds. The van der Waals surface area contributed by atoms with Gasteiger partial charge in [-0.05, 0) is 35.0 Å². The van der Waals surface area contributed by atoms with Crippen LogP contribution in [0.1, 0.15) is 17.3 Å². The molecule has 1 atom stereocenters. The molecule has 7 nitrogen and oxygen atoms in total. The largest absolute Gasteiger partial charge is 0.452 e. The summed E-state index contributed by atoms with van der Waals surface area (Å²) in [5.74, 6) is -2.31. The quantitative estimate of drug-likeness (QED) is 0.558. The van der Waals surface area contributed by atoms with Crippen LogP contribution in [0.25, 0.3) is 0 Å². The highest BCUT2D eigenvalue weighted by Gasteiger charge is 2.51. The van der Waals surface area contributed by atoms with Crippen molar-refractivity contribution in [2.24, 2.45) is 0 Å². The van der Waals surface area contributed by atoms with Crippen LogP contribution in [0, 0.1) is 0 Å². The van der Waals surface area contributed by atoms with Gasteiger partial charge in [0.2, 0.25) is 0 Å². The van der Waals surface area contributed by atoms with E-state index in [4.69, 9.17) is 4.55 Å². The van der Waals surface area contributed by atoms with E-state index in [1.807, 2.05) is 0 Å². The maximum absolute atomic E-state index is 13.2. The Labute approximate surface area is 138 Å². The zero-order valence-electron chi connectivity index (χ0n) is 11.5. The van der Waals surface area contributed by atoms with Crippen molar-refractivity contribution in [1.82, 2.24) is 0 Å². The van der Waals surface area contributed by atoms with Gasteiger partial charge in [-0.1, -0.05) is 12.1 Å². The number of esters is 2. The lowest BCUT2D eigenvalue weighted by atomic mass is 10.2. The second-order valence-electron chi connectivity index (χ2n) is 4.22. The minimum absolute atomic E-state index is 0.0941. The summed E-state index contributed by atoms with van der Waals surface area (Å²) in [7, 11) is -5.75. The van der Waals surface area contributed by atoms with E-state index < -0.39 is 40.0 Å². The van der Waals surface area contributed by atoms with Gasteiger partial charge in [0.05, 0.1) is 5.56 Å². The molecule has 0 spiro atoms. The average molecular weight is 417 g/mol. The molecule has 23 heavy (non-hydrogen) atoms. The van der Waals surface area contributed by atoms with Gasteiger partial charge in [-0.2, -0.15) is 17.2 Å². The van der Waals surface area contributed by atoms with Crippen LogP contribution >= 0.6 is 15.9 Å². The van der Waals surface area contributed by atoms with Crippen molar-refractivity contribution >= 4 is 38.0 Å². The molecule has 1 rings (SSSR count). The third kappa shape index (κ3) is 4.94. The standard InChI is InChI=1S/C12H11BrF2O7S/c1-7(12(14,15)23(18,19)20)22-10(16)6-21-11(17)8-4-2-3-5-9(8)13/h2-5,7H,6H2,1H3,(H,18,19,20). The lowest BCUT2D eigenvalue weighted by Gasteiger charge is -2.20. The number of ether oxygens (including phenoxy) is 2. The fourth-order valence-electron chi connectivity index (χ4n) is 1.34. The van der Waals surface area contributed by atoms with E-state index in [0.29, 0.717) is 11.4 Å². The topological polar surface area (TPSA) is 107 Å². The second-order valence-corrected chi connectivity index (χ2v) is 6.57. The molecule has 0 heterocycles. The van der Waals surface area contributed by atoms with Crippen molar-refractivity contribution < 1.29 is 40.8 Å². The lowest BCUT2D eigenvalue weighted by Crippen LogP contribution is -2.42. The molecule has 0 saturated heterocycles. The molecule has 0 aliphatic rings. The van der Waals surface area contributed by atoms with E-state index in [1.54, 1.807) is 12.1 Å². The van der Waals surface area contributed by atoms with Gasteiger partial charge in [0, 0.05) is 4.47 Å². The highest BCUT2D eigenvalue weighted by molar-refractivity contribution is 9.10. The van der Waals surface area contributed by atoms with E-state index in [9.17, 15) is 26.8 Å². The van der Waals surface area contributed by atoms with E-state index in [-0.39, 0.29) is 5.56 Å². The Balaban J connectivity index is 2.62. The summed E-state index contributed by atoms with van der Waals surface area (Å²) in [6.07, 6.45) is -2.47. The van der Waals surface area contributed by atoms with E-state index in [2.05, 4.69) is 25.4 Å². The summed E-state index contributed by atoms with van der Waals surface area (Å²) in [6.45, 7) is -0.437. The smallest absolute Gasteiger partial charge is 0.405 e. The van der Waals surface area contributed by atoms with Crippen LogP contribution in [-0.4, -0.2) is 42.9 Å². The van der Waals surface area contributed by atoms with Crippen LogP contribution in [0.4, 0.5) is 8.78 Å². The maximum atomic E-state index is 13.2. The van der Waals surface area contributed by atoms with Crippen LogP contribution in [0.2, 0.25) is 0 Å². The Morgan fingerprint density at radius 3 is 2.43 bits per heavy atom. The van der Waals surface area contributed by atoms with Crippen LogP contribution in [0.15, 0.2) is 28.7 Å². The highest BCUT2D eigenvalue weighted by Crippen LogP contribution is 2.27. The molecule has 1 unspecified atom stereocenters. The average Bonchev–Trinajstić information content (AvgIpc) is 2.44. The molecule has 1 aromatic carbocycles. The number of rotatable bonds is 6. The van der Waals surface area contributed by atoms with Crippen molar-refractivity contribution in [2.45, 2.75) is 18.3 Å². The Hall–Kier alpha value is -1.59. The number of hydrogen-bond donors (Lipinski definition) is 1. The summed E-state index contributed by atoms with van der Waals surface area (Å²) in [5, 5.41) is -4.69. The zero-order valence-corrected chi connectivity index (χ0v) is 13.9. The van der Waals surface area contributed by atoms with Crippen molar-refractivity contribution in [2.75, 3.05) is 6.61 Å². The van der Waals surface area contributed by atoms with Gasteiger partial charge < -0.3 is 9.47 Å². The molecular weight excluding hydrogens is 406 g/mol. The molecule has 0 aliphatic carbocycles. The SMILES string of the molecule is CC(OC(=O)COC(=O)c1ccccc1Br)C(F)(F)S(=O)(=O)O. The normalized spacial score (nSPS) is 13.3. The molecule has 0 aromatic heterocycles. The third-order valence-electron chi connectivity index (χ3n) is 2.54. The molecule has 0 saturated carbocycles. The summed E-state index contributed by atoms with van der Waals surface area (Å²) in [5.41, 5.74) is 0.0941. The van der Waals surface area contributed by atoms with Gasteiger partial charge in [0.15, 0.2) is 12.7 Å². The third-order valence-corrected chi connectivity index (χ3v) is 4.25. The molecule has 11 heteroatoms. The molecule has 1 N–H and O–H groups in total. The molecule has 0 radical (unpaired) electrons. The van der Waals surface area contributed by atoms with Crippen LogP contribution in [0.3, 0.4) is 0 Å². The number of alkyl halides is 2. The number of halogens is 3. The molecule has 0 fully saturated rings. The first-order valence-corrected chi connectivity index (χ1v) is 8.16. The van der Waals surface area contributed by atoms with Crippen molar-refractivity contribution in [3.8, 4) is 0 Å². The monoisotopic (exact) mass is 416 g/mol. The summed E-state index contributed by atoms with van der Waals surface area (Å²) < 4.78 is 64.8. The van der Waals surface area contributed by atoms with Crippen LogP contribution in [-0.2, 0) is 24.4 Å². The predicted octanol–water partition coefficient (Wildman–Crippen LogP) is 2.02. The fourth-order valence-corrected chi connectivity index (χ4v) is 2.25. The van der Waals surface area contributed by atoms with Gasteiger partial charge in [-0.25, -0.2) is 9.59 Å². The number of benzene rings is 1. The van der Waals surface area contributed by atoms with E-state index >= 15 is 0 Å². The first-order valence-electron chi connectivity index (χ1n) is 5.92. The Bertz CT molecular complexity index is 705. The van der Waals surface area contributed by atoms with Gasteiger partial charge >= 0.3 is 27.3 Å². The molecule has 0 bridgehead atoms. The minimum Gasteiger partial charge on any atom is -0.452 e. The Kier molecular flexibility index (Phi) is 6.19. The highest BCUT2D eigenvalue weighted by atomic mass is 79.9. The van der Waals surface area contributed by atoms with Crippen LogP contribution < -0.4 is 0 Å². The predicted molar refractivity (Wildman–Crippen MR) is 76.5 cm³/mol. The Morgan fingerprint density at radius 1 is 1.35 bits per heavy atom.